The molecule has 0 fully saturated rings. The molecule has 2 aromatic heterocycles. The Morgan fingerprint density at radius 1 is 1.16 bits per heavy atom. The molecule has 1 amide bonds. The maximum absolute atomic E-state index is 12.7. The van der Waals surface area contributed by atoms with Crippen LogP contribution >= 0.6 is 11.3 Å². The minimum atomic E-state index is -0.0178. The highest BCUT2D eigenvalue weighted by Gasteiger charge is 2.33. The third-order valence-electron chi connectivity index (χ3n) is 5.88. The van der Waals surface area contributed by atoms with E-state index in [4.69, 9.17) is 14.8 Å². The molecule has 7 heteroatoms. The standard InChI is InChI=1S/C24H24N4O2S/c1-5-30-17-8-9-19-20(11-17)31-24(25-19)28-23-22(15(4)27-28)18(12-21(29)26-23)16-7-6-13(2)14(3)10-16/h6-11,18H,5,12H2,1-4H3,(H,26,29). The van der Waals surface area contributed by atoms with Crippen molar-refractivity contribution in [1.82, 2.24) is 14.8 Å². The maximum atomic E-state index is 12.7. The number of aromatic nitrogens is 3. The number of rotatable bonds is 4. The van der Waals surface area contributed by atoms with Gasteiger partial charge in [-0.15, -0.1) is 0 Å². The van der Waals surface area contributed by atoms with Gasteiger partial charge in [-0.25, -0.2) is 4.98 Å². The van der Waals surface area contributed by atoms with E-state index in [1.165, 1.54) is 22.5 Å². The van der Waals surface area contributed by atoms with Gasteiger partial charge in [0.2, 0.25) is 11.0 Å². The fourth-order valence-electron chi connectivity index (χ4n) is 4.19. The minimum absolute atomic E-state index is 0.00313. The smallest absolute Gasteiger partial charge is 0.226 e. The first-order valence-electron chi connectivity index (χ1n) is 10.4. The summed E-state index contributed by atoms with van der Waals surface area (Å²) in [6, 6.07) is 12.3. The summed E-state index contributed by atoms with van der Waals surface area (Å²) in [7, 11) is 0. The molecule has 1 atom stereocenters. The largest absolute Gasteiger partial charge is 0.494 e. The van der Waals surface area contributed by atoms with E-state index < -0.39 is 0 Å². The summed E-state index contributed by atoms with van der Waals surface area (Å²) in [6.07, 6.45) is 0.416. The summed E-state index contributed by atoms with van der Waals surface area (Å²) in [6.45, 7) is 8.80. The van der Waals surface area contributed by atoms with Gasteiger partial charge in [-0.3, -0.25) is 4.79 Å². The summed E-state index contributed by atoms with van der Waals surface area (Å²) < 4.78 is 8.42. The van der Waals surface area contributed by atoms with Crippen molar-refractivity contribution in [3.8, 4) is 10.9 Å². The van der Waals surface area contributed by atoms with Crippen LogP contribution in [0.2, 0.25) is 0 Å². The third kappa shape index (κ3) is 3.39. The topological polar surface area (TPSA) is 69.0 Å². The summed E-state index contributed by atoms with van der Waals surface area (Å²) >= 11 is 1.54. The van der Waals surface area contributed by atoms with Crippen LogP contribution in [0.4, 0.5) is 5.82 Å². The highest BCUT2D eigenvalue weighted by atomic mass is 32.1. The van der Waals surface area contributed by atoms with Gasteiger partial charge in [0.05, 0.1) is 22.5 Å². The number of ether oxygens (including phenoxy) is 1. The highest BCUT2D eigenvalue weighted by Crippen LogP contribution is 2.41. The van der Waals surface area contributed by atoms with Gasteiger partial charge in [-0.05, 0) is 62.6 Å². The molecule has 0 bridgehead atoms. The molecule has 1 aliphatic heterocycles. The molecule has 0 aliphatic carbocycles. The second kappa shape index (κ2) is 7.50. The Labute approximate surface area is 184 Å². The summed E-state index contributed by atoms with van der Waals surface area (Å²) in [4.78, 5) is 17.4. The molecule has 3 heterocycles. The SMILES string of the molecule is CCOc1ccc2nc(-n3nc(C)c4c3NC(=O)CC4c3ccc(C)c(C)c3)sc2c1. The van der Waals surface area contributed by atoms with Crippen molar-refractivity contribution in [1.29, 1.82) is 0 Å². The summed E-state index contributed by atoms with van der Waals surface area (Å²) in [5.41, 5.74) is 6.49. The number of carbonyl (C=O) groups excluding carboxylic acids is 1. The zero-order valence-corrected chi connectivity index (χ0v) is 18.8. The molecule has 2 aromatic carbocycles. The van der Waals surface area contributed by atoms with E-state index in [0.717, 1.165) is 43.7 Å². The number of aryl methyl sites for hydroxylation is 3. The van der Waals surface area contributed by atoms with Crippen LogP contribution in [-0.2, 0) is 4.79 Å². The highest BCUT2D eigenvalue weighted by molar-refractivity contribution is 7.20. The summed E-state index contributed by atoms with van der Waals surface area (Å²) in [5, 5.41) is 8.57. The van der Waals surface area contributed by atoms with Crippen LogP contribution < -0.4 is 10.1 Å². The average Bonchev–Trinajstić information content (AvgIpc) is 3.30. The first kappa shape index (κ1) is 19.8. The lowest BCUT2D eigenvalue weighted by Gasteiger charge is -2.24. The lowest BCUT2D eigenvalue weighted by atomic mass is 9.84. The van der Waals surface area contributed by atoms with Crippen molar-refractivity contribution in [3.63, 3.8) is 0 Å². The Bertz CT molecular complexity index is 1320. The lowest BCUT2D eigenvalue weighted by Crippen LogP contribution is -2.25. The molecule has 0 saturated carbocycles. The second-order valence-electron chi connectivity index (χ2n) is 7.97. The van der Waals surface area contributed by atoms with E-state index in [0.29, 0.717) is 13.0 Å². The fraction of sp³-hybridized carbons (Fsp3) is 0.292. The molecule has 1 N–H and O–H groups in total. The predicted molar refractivity (Wildman–Crippen MR) is 124 cm³/mol. The van der Waals surface area contributed by atoms with Crippen LogP contribution in [0.15, 0.2) is 36.4 Å². The normalized spacial score (nSPS) is 15.7. The van der Waals surface area contributed by atoms with E-state index in [-0.39, 0.29) is 11.8 Å². The van der Waals surface area contributed by atoms with Gasteiger partial charge < -0.3 is 10.1 Å². The fourth-order valence-corrected chi connectivity index (χ4v) is 5.14. The summed E-state index contributed by atoms with van der Waals surface area (Å²) in [5.74, 6) is 1.53. The van der Waals surface area contributed by atoms with Gasteiger partial charge >= 0.3 is 0 Å². The van der Waals surface area contributed by atoms with Crippen molar-refractivity contribution in [2.75, 3.05) is 11.9 Å². The van der Waals surface area contributed by atoms with Crippen molar-refractivity contribution in [2.24, 2.45) is 0 Å². The van der Waals surface area contributed by atoms with Crippen LogP contribution in [0.3, 0.4) is 0 Å². The number of amides is 1. The molecule has 6 nitrogen and oxygen atoms in total. The van der Waals surface area contributed by atoms with Crippen molar-refractivity contribution < 1.29 is 9.53 Å². The van der Waals surface area contributed by atoms with E-state index in [1.807, 2.05) is 32.0 Å². The zero-order chi connectivity index (χ0) is 21.7. The minimum Gasteiger partial charge on any atom is -0.494 e. The molecular weight excluding hydrogens is 408 g/mol. The quantitative estimate of drug-likeness (QED) is 0.476. The monoisotopic (exact) mass is 432 g/mol. The molecule has 1 aliphatic rings. The molecule has 0 spiro atoms. The molecule has 5 rings (SSSR count). The predicted octanol–water partition coefficient (Wildman–Crippen LogP) is 5.28. The average molecular weight is 433 g/mol. The number of hydrogen-bond acceptors (Lipinski definition) is 5. The Hall–Kier alpha value is -3.19. The van der Waals surface area contributed by atoms with E-state index in [2.05, 4.69) is 37.4 Å². The molecule has 0 saturated heterocycles. The Kier molecular flexibility index (Phi) is 4.78. The Morgan fingerprint density at radius 3 is 2.77 bits per heavy atom. The number of fused-ring (bicyclic) bond motifs is 2. The number of carbonyl (C=O) groups is 1. The number of thiazole rings is 1. The number of nitrogens with zero attached hydrogens (tertiary/aromatic N) is 3. The molecule has 158 valence electrons. The Balaban J connectivity index is 1.62. The van der Waals surface area contributed by atoms with Crippen LogP contribution in [0.1, 0.15) is 47.2 Å². The van der Waals surface area contributed by atoms with Gasteiger partial charge in [-0.2, -0.15) is 9.78 Å². The van der Waals surface area contributed by atoms with Gasteiger partial charge in [0.25, 0.3) is 0 Å². The Morgan fingerprint density at radius 2 is 2.00 bits per heavy atom. The maximum Gasteiger partial charge on any atom is 0.226 e. The lowest BCUT2D eigenvalue weighted by molar-refractivity contribution is -0.116. The number of hydrogen-bond donors (Lipinski definition) is 1. The van der Waals surface area contributed by atoms with Crippen molar-refractivity contribution in [2.45, 2.75) is 40.0 Å². The van der Waals surface area contributed by atoms with Gasteiger partial charge in [0.15, 0.2) is 0 Å². The first-order chi connectivity index (χ1) is 14.9. The van der Waals surface area contributed by atoms with Crippen LogP contribution in [0, 0.1) is 20.8 Å². The van der Waals surface area contributed by atoms with Crippen LogP contribution in [0.5, 0.6) is 5.75 Å². The molecule has 0 radical (unpaired) electrons. The van der Waals surface area contributed by atoms with E-state index in [1.54, 1.807) is 4.68 Å². The van der Waals surface area contributed by atoms with E-state index in [9.17, 15) is 4.79 Å². The third-order valence-corrected chi connectivity index (χ3v) is 6.87. The van der Waals surface area contributed by atoms with Gasteiger partial charge in [-0.1, -0.05) is 29.5 Å². The van der Waals surface area contributed by atoms with Crippen molar-refractivity contribution >= 4 is 33.3 Å². The van der Waals surface area contributed by atoms with Gasteiger partial charge in [0.1, 0.15) is 11.6 Å². The molecule has 31 heavy (non-hydrogen) atoms. The number of anilines is 1. The molecule has 4 aromatic rings. The van der Waals surface area contributed by atoms with Crippen LogP contribution in [-0.4, -0.2) is 27.3 Å². The number of benzene rings is 2. The van der Waals surface area contributed by atoms with E-state index >= 15 is 0 Å². The number of nitrogens with one attached hydrogen (secondary N) is 1. The van der Waals surface area contributed by atoms with Gasteiger partial charge in [0, 0.05) is 17.9 Å². The first-order valence-corrected chi connectivity index (χ1v) is 11.3. The van der Waals surface area contributed by atoms with Crippen LogP contribution in [0.25, 0.3) is 15.3 Å². The molecule has 1 unspecified atom stereocenters. The zero-order valence-electron chi connectivity index (χ0n) is 18.0. The molecular formula is C24H24N4O2S. The second-order valence-corrected chi connectivity index (χ2v) is 8.98. The van der Waals surface area contributed by atoms with Crippen molar-refractivity contribution in [3.05, 3.63) is 64.3 Å².